The lowest BCUT2D eigenvalue weighted by Gasteiger charge is -2.06. The summed E-state index contributed by atoms with van der Waals surface area (Å²) < 4.78 is 8.86. The highest BCUT2D eigenvalue weighted by Crippen LogP contribution is 2.44. The van der Waals surface area contributed by atoms with Crippen LogP contribution in [-0.2, 0) is 0 Å². The summed E-state index contributed by atoms with van der Waals surface area (Å²) in [5, 5.41) is 48.9. The van der Waals surface area contributed by atoms with E-state index in [4.69, 9.17) is 9.78 Å². The largest absolute Gasteiger partial charge is 0.505 e. The summed E-state index contributed by atoms with van der Waals surface area (Å²) in [4.78, 5) is 3.87. The molecule has 0 saturated carbocycles. The third kappa shape index (κ3) is 3.62. The highest BCUT2D eigenvalue weighted by atomic mass is 32.1. The number of hydrogen-bond acceptors (Lipinski definition) is 12. The van der Waals surface area contributed by atoms with Gasteiger partial charge < -0.3 is 14.7 Å². The molecule has 12 heteroatoms. The van der Waals surface area contributed by atoms with Crippen molar-refractivity contribution in [2.45, 2.75) is 20.8 Å². The molecule has 0 aliphatic carbocycles. The summed E-state index contributed by atoms with van der Waals surface area (Å²) in [5.74, 6) is -0.168. The second kappa shape index (κ2) is 7.26. The van der Waals surface area contributed by atoms with Gasteiger partial charge in [0.1, 0.15) is 34.5 Å². The molecule has 27 heavy (non-hydrogen) atoms. The van der Waals surface area contributed by atoms with Crippen LogP contribution in [0.5, 0.6) is 11.5 Å². The second-order valence-electron chi connectivity index (χ2n) is 5.32. The van der Waals surface area contributed by atoms with E-state index in [9.17, 15) is 10.2 Å². The number of aryl methyl sites for hydroxylation is 2. The van der Waals surface area contributed by atoms with Gasteiger partial charge in [-0.3, -0.25) is 0 Å². The van der Waals surface area contributed by atoms with E-state index in [0.717, 1.165) is 11.5 Å². The molecule has 0 fully saturated rings. The molecule has 2 heterocycles. The van der Waals surface area contributed by atoms with Crippen molar-refractivity contribution in [2.24, 2.45) is 20.5 Å². The molecule has 0 radical (unpaired) electrons. The molecule has 0 aliphatic rings. The minimum atomic E-state index is -0.280. The van der Waals surface area contributed by atoms with Gasteiger partial charge in [-0.05, 0) is 32.3 Å². The highest BCUT2D eigenvalue weighted by molar-refractivity contribution is 7.10. The fraction of sp³-hybridized carbons (Fsp3) is 0.200. The zero-order valence-corrected chi connectivity index (χ0v) is 15.2. The molecule has 0 spiro atoms. The Kier molecular flexibility index (Phi) is 4.86. The normalized spacial score (nSPS) is 11.5. The van der Waals surface area contributed by atoms with Crippen LogP contribution in [0.1, 0.15) is 22.6 Å². The van der Waals surface area contributed by atoms with Crippen LogP contribution in [0.15, 0.2) is 31.0 Å². The van der Waals surface area contributed by atoms with Crippen molar-refractivity contribution in [3.8, 4) is 17.6 Å². The number of hydrogen-bond donors (Lipinski definition) is 2. The van der Waals surface area contributed by atoms with E-state index in [0.29, 0.717) is 22.1 Å². The number of phenolic OH excluding ortho intramolecular Hbond substituents is 2. The lowest BCUT2D eigenvalue weighted by molar-refractivity contribution is 0.420. The van der Waals surface area contributed by atoms with Gasteiger partial charge in [0.25, 0.3) is 0 Å². The minimum absolute atomic E-state index is 0.0242. The molecule has 3 rings (SSSR count). The van der Waals surface area contributed by atoms with E-state index >= 15 is 0 Å². The van der Waals surface area contributed by atoms with Gasteiger partial charge in [0.2, 0.25) is 0 Å². The van der Waals surface area contributed by atoms with Crippen LogP contribution in [-0.4, -0.2) is 24.7 Å². The molecule has 1 aromatic carbocycles. The van der Waals surface area contributed by atoms with Crippen LogP contribution < -0.4 is 0 Å². The maximum absolute atomic E-state index is 10.2. The number of aromatic hydroxyl groups is 2. The van der Waals surface area contributed by atoms with E-state index in [-0.39, 0.29) is 34.5 Å². The SMILES string of the molecule is Cc1noc(N=Nc2cc(N=Nc3snc(C)c3C#N)c(O)c(C)c2O)n1. The molecule has 0 bridgehead atoms. The Morgan fingerprint density at radius 1 is 1.07 bits per heavy atom. The predicted molar refractivity (Wildman–Crippen MR) is 93.5 cm³/mol. The van der Waals surface area contributed by atoms with E-state index in [1.807, 2.05) is 6.07 Å². The van der Waals surface area contributed by atoms with Gasteiger partial charge >= 0.3 is 6.01 Å². The molecule has 2 N–H and O–H groups in total. The average molecular weight is 384 g/mol. The van der Waals surface area contributed by atoms with Crippen LogP contribution in [0.25, 0.3) is 0 Å². The van der Waals surface area contributed by atoms with E-state index < -0.39 is 0 Å². The molecular weight excluding hydrogens is 372 g/mol. The Bertz CT molecular complexity index is 1110. The van der Waals surface area contributed by atoms with Gasteiger partial charge in [-0.25, -0.2) is 0 Å². The van der Waals surface area contributed by atoms with E-state index in [2.05, 4.69) is 35.0 Å². The number of azo groups is 2. The van der Waals surface area contributed by atoms with Crippen LogP contribution >= 0.6 is 11.5 Å². The maximum Gasteiger partial charge on any atom is 0.366 e. The number of aromatic nitrogens is 3. The van der Waals surface area contributed by atoms with Crippen molar-refractivity contribution in [2.75, 3.05) is 0 Å². The van der Waals surface area contributed by atoms with Crippen molar-refractivity contribution in [1.29, 1.82) is 5.26 Å². The molecule has 0 amide bonds. The molecule has 0 unspecified atom stereocenters. The fourth-order valence-electron chi connectivity index (χ4n) is 1.99. The van der Waals surface area contributed by atoms with Crippen LogP contribution in [0, 0.1) is 32.1 Å². The topological polar surface area (TPSA) is 166 Å². The van der Waals surface area contributed by atoms with Crippen molar-refractivity contribution in [1.82, 2.24) is 14.5 Å². The first kappa shape index (κ1) is 18.1. The summed E-state index contributed by atoms with van der Waals surface area (Å²) in [6.07, 6.45) is 0. The Morgan fingerprint density at radius 2 is 1.74 bits per heavy atom. The first-order valence-corrected chi connectivity index (χ1v) is 8.23. The molecule has 136 valence electrons. The Morgan fingerprint density at radius 3 is 2.33 bits per heavy atom. The van der Waals surface area contributed by atoms with Gasteiger partial charge in [0.05, 0.1) is 5.69 Å². The molecule has 0 atom stereocenters. The lowest BCUT2D eigenvalue weighted by atomic mass is 10.1. The fourth-order valence-corrected chi connectivity index (χ4v) is 2.67. The van der Waals surface area contributed by atoms with E-state index in [1.54, 1.807) is 13.8 Å². The van der Waals surface area contributed by atoms with Gasteiger partial charge in [0, 0.05) is 11.6 Å². The van der Waals surface area contributed by atoms with Gasteiger partial charge in [-0.15, -0.1) is 15.3 Å². The molecule has 11 nitrogen and oxygen atoms in total. The number of nitriles is 1. The number of benzene rings is 1. The van der Waals surface area contributed by atoms with Crippen molar-refractivity contribution >= 4 is 33.9 Å². The molecular formula is C15H12N8O3S. The van der Waals surface area contributed by atoms with Crippen molar-refractivity contribution in [3.05, 3.63) is 28.7 Å². The third-order valence-corrected chi connectivity index (χ3v) is 4.26. The van der Waals surface area contributed by atoms with Gasteiger partial charge in [-0.1, -0.05) is 10.3 Å². The average Bonchev–Trinajstić information content (AvgIpc) is 3.23. The maximum atomic E-state index is 10.2. The Balaban J connectivity index is 1.98. The predicted octanol–water partition coefficient (Wildman–Crippen LogP) is 4.57. The summed E-state index contributed by atoms with van der Waals surface area (Å²) in [5.41, 5.74) is 1.06. The summed E-state index contributed by atoms with van der Waals surface area (Å²) >= 11 is 1.01. The van der Waals surface area contributed by atoms with Gasteiger partial charge in [-0.2, -0.15) is 14.6 Å². The monoisotopic (exact) mass is 384 g/mol. The third-order valence-electron chi connectivity index (χ3n) is 3.43. The van der Waals surface area contributed by atoms with Gasteiger partial charge in [0.15, 0.2) is 10.8 Å². The first-order chi connectivity index (χ1) is 12.9. The van der Waals surface area contributed by atoms with Crippen LogP contribution in [0.4, 0.5) is 22.4 Å². The van der Waals surface area contributed by atoms with Crippen molar-refractivity contribution < 1.29 is 14.7 Å². The molecule has 2 aromatic heterocycles. The van der Waals surface area contributed by atoms with E-state index in [1.165, 1.54) is 13.0 Å². The quantitative estimate of drug-likeness (QED) is 0.621. The summed E-state index contributed by atoms with van der Waals surface area (Å²) in [6, 6.07) is 3.20. The van der Waals surface area contributed by atoms with Crippen LogP contribution in [0.3, 0.4) is 0 Å². The zero-order chi connectivity index (χ0) is 19.6. The first-order valence-electron chi connectivity index (χ1n) is 7.46. The highest BCUT2D eigenvalue weighted by Gasteiger charge is 2.15. The zero-order valence-electron chi connectivity index (χ0n) is 14.4. The van der Waals surface area contributed by atoms with Crippen LogP contribution in [0.2, 0.25) is 0 Å². The Labute approximate surface area is 156 Å². The smallest absolute Gasteiger partial charge is 0.366 e. The molecule has 0 saturated heterocycles. The standard InChI is InChI=1S/C15H12N8O3S/c1-6-12(24)10(18-20-14-9(5-16)7(2)23-27-14)4-11(13(6)25)19-21-15-17-8(3)22-26-15/h4,24-25H,1-3H3. The molecule has 0 aliphatic heterocycles. The summed E-state index contributed by atoms with van der Waals surface area (Å²) in [7, 11) is 0. The number of phenols is 2. The Hall–Kier alpha value is -3.72. The summed E-state index contributed by atoms with van der Waals surface area (Å²) in [6.45, 7) is 4.80. The second-order valence-corrected chi connectivity index (χ2v) is 6.07. The minimum Gasteiger partial charge on any atom is -0.505 e. The number of rotatable bonds is 4. The molecule has 3 aromatic rings. The lowest BCUT2D eigenvalue weighted by Crippen LogP contribution is -1.79. The number of nitrogens with zero attached hydrogens (tertiary/aromatic N) is 8. The van der Waals surface area contributed by atoms with Crippen molar-refractivity contribution in [3.63, 3.8) is 0 Å².